The molecule has 2 heterocycles. The summed E-state index contributed by atoms with van der Waals surface area (Å²) in [5.41, 5.74) is 10.1. The van der Waals surface area contributed by atoms with Gasteiger partial charge in [-0.15, -0.1) is 10.2 Å². The van der Waals surface area contributed by atoms with Gasteiger partial charge in [-0.05, 0) is 36.6 Å². The van der Waals surface area contributed by atoms with Crippen molar-refractivity contribution in [2.24, 2.45) is 0 Å². The predicted molar refractivity (Wildman–Crippen MR) is 110 cm³/mol. The van der Waals surface area contributed by atoms with Gasteiger partial charge in [-0.3, -0.25) is 4.79 Å². The second kappa shape index (κ2) is 7.68. The van der Waals surface area contributed by atoms with Gasteiger partial charge in [0.1, 0.15) is 12.0 Å². The van der Waals surface area contributed by atoms with Crippen molar-refractivity contribution in [1.29, 1.82) is 0 Å². The highest BCUT2D eigenvalue weighted by Gasteiger charge is 2.24. The van der Waals surface area contributed by atoms with Crippen LogP contribution in [0.5, 0.6) is 5.75 Å². The third-order valence-electron chi connectivity index (χ3n) is 5.29. The zero-order chi connectivity index (χ0) is 19.5. The number of phenolic OH excluding ortho intramolecular Hbond substituents is 1. The van der Waals surface area contributed by atoms with Gasteiger partial charge < -0.3 is 15.7 Å². The van der Waals surface area contributed by atoms with Gasteiger partial charge in [0.2, 0.25) is 0 Å². The van der Waals surface area contributed by atoms with Crippen LogP contribution < -0.4 is 10.6 Å². The minimum atomic E-state index is 0.166. The molecule has 0 unspecified atom stereocenters. The maximum Gasteiger partial charge on any atom is 0.169 e. The lowest BCUT2D eigenvalue weighted by molar-refractivity contribution is 0.112. The fraction of sp³-hybridized carbons (Fsp3) is 0.227. The number of carbonyl (C=O) groups is 1. The Bertz CT molecular complexity index is 988. The van der Waals surface area contributed by atoms with E-state index in [2.05, 4.69) is 15.1 Å². The predicted octanol–water partition coefficient (Wildman–Crippen LogP) is 3.63. The molecule has 1 aliphatic rings. The molecule has 0 radical (unpaired) electrons. The molecule has 142 valence electrons. The molecule has 0 saturated carbocycles. The Morgan fingerprint density at radius 2 is 1.89 bits per heavy atom. The molecule has 28 heavy (non-hydrogen) atoms. The normalized spacial score (nSPS) is 16.7. The monoisotopic (exact) mass is 374 g/mol. The third-order valence-corrected chi connectivity index (χ3v) is 5.29. The molecule has 6 nitrogen and oxygen atoms in total. The molecule has 1 aliphatic heterocycles. The molecule has 1 saturated heterocycles. The molecular weight excluding hydrogens is 352 g/mol. The number of rotatable bonds is 4. The van der Waals surface area contributed by atoms with Crippen LogP contribution >= 0.6 is 0 Å². The van der Waals surface area contributed by atoms with E-state index < -0.39 is 0 Å². The largest absolute Gasteiger partial charge is 0.507 e. The van der Waals surface area contributed by atoms with E-state index in [9.17, 15) is 9.90 Å². The van der Waals surface area contributed by atoms with E-state index in [1.807, 2.05) is 42.5 Å². The Balaban J connectivity index is 1.62. The minimum absolute atomic E-state index is 0.166. The highest BCUT2D eigenvalue weighted by molar-refractivity contribution is 5.75. The van der Waals surface area contributed by atoms with E-state index >= 15 is 0 Å². The fourth-order valence-corrected chi connectivity index (χ4v) is 3.78. The van der Waals surface area contributed by atoms with E-state index in [0.717, 1.165) is 37.9 Å². The molecule has 3 aromatic rings. The SMILES string of the molecule is Nc1nnc(-c2ccccc2O)cc1N1CCC[C@@H](c2ccc(C=O)cc2)C1. The summed E-state index contributed by atoms with van der Waals surface area (Å²) in [4.78, 5) is 13.1. The topological polar surface area (TPSA) is 92.3 Å². The first kappa shape index (κ1) is 18.0. The van der Waals surface area contributed by atoms with Crippen LogP contribution in [0.15, 0.2) is 54.6 Å². The van der Waals surface area contributed by atoms with Crippen molar-refractivity contribution in [2.45, 2.75) is 18.8 Å². The summed E-state index contributed by atoms with van der Waals surface area (Å²) >= 11 is 0. The van der Waals surface area contributed by atoms with Gasteiger partial charge in [-0.2, -0.15) is 0 Å². The Kier molecular flexibility index (Phi) is 4.93. The van der Waals surface area contributed by atoms with Crippen LogP contribution in [0.3, 0.4) is 0 Å². The van der Waals surface area contributed by atoms with Gasteiger partial charge in [0.25, 0.3) is 0 Å². The summed E-state index contributed by atoms with van der Waals surface area (Å²) in [5, 5.41) is 18.4. The number of benzene rings is 2. The average Bonchev–Trinajstić information content (AvgIpc) is 2.75. The van der Waals surface area contributed by atoms with Crippen LogP contribution in [0.2, 0.25) is 0 Å². The summed E-state index contributed by atoms with van der Waals surface area (Å²) in [6.45, 7) is 1.70. The van der Waals surface area contributed by atoms with E-state index in [1.54, 1.807) is 12.1 Å². The number of aromatic nitrogens is 2. The molecule has 0 bridgehead atoms. The number of nitrogens with two attached hydrogens (primary N) is 1. The van der Waals surface area contributed by atoms with Crippen molar-refractivity contribution >= 4 is 17.8 Å². The quantitative estimate of drug-likeness (QED) is 0.678. The van der Waals surface area contributed by atoms with Crippen molar-refractivity contribution in [3.63, 3.8) is 0 Å². The third kappa shape index (κ3) is 3.53. The number of aromatic hydroxyl groups is 1. The number of phenols is 1. The first-order valence-electron chi connectivity index (χ1n) is 9.37. The standard InChI is InChI=1S/C22H22N4O2/c23-22-20(12-19(24-25-22)18-5-1-2-6-21(18)28)26-11-3-4-17(13-26)16-9-7-15(14-27)8-10-16/h1-2,5-10,12,14,17,28H,3-4,11,13H2,(H2,23,25)/t17-/m1/s1. The lowest BCUT2D eigenvalue weighted by Crippen LogP contribution is -2.35. The molecule has 1 atom stereocenters. The Morgan fingerprint density at radius 1 is 1.11 bits per heavy atom. The molecule has 3 N–H and O–H groups in total. The van der Waals surface area contributed by atoms with E-state index in [-0.39, 0.29) is 5.75 Å². The molecule has 4 rings (SSSR count). The first-order valence-corrected chi connectivity index (χ1v) is 9.37. The zero-order valence-electron chi connectivity index (χ0n) is 15.5. The molecule has 1 fully saturated rings. The van der Waals surface area contributed by atoms with E-state index in [1.165, 1.54) is 5.56 Å². The lowest BCUT2D eigenvalue weighted by Gasteiger charge is -2.35. The second-order valence-corrected chi connectivity index (χ2v) is 7.09. The number of para-hydroxylation sites is 1. The number of aldehydes is 1. The number of nitrogen functional groups attached to an aromatic ring is 1. The Hall–Kier alpha value is -3.41. The van der Waals surface area contributed by atoms with Crippen molar-refractivity contribution in [3.05, 3.63) is 65.7 Å². The zero-order valence-corrected chi connectivity index (χ0v) is 15.5. The van der Waals surface area contributed by atoms with Crippen LogP contribution in [0.4, 0.5) is 11.5 Å². The summed E-state index contributed by atoms with van der Waals surface area (Å²) in [5.74, 6) is 0.908. The number of anilines is 2. The summed E-state index contributed by atoms with van der Waals surface area (Å²) < 4.78 is 0. The van der Waals surface area contributed by atoms with Crippen molar-refractivity contribution in [3.8, 4) is 17.0 Å². The van der Waals surface area contributed by atoms with Crippen LogP contribution in [-0.2, 0) is 0 Å². The summed E-state index contributed by atoms with van der Waals surface area (Å²) in [6.07, 6.45) is 2.98. The van der Waals surface area contributed by atoms with E-state index in [0.29, 0.717) is 28.6 Å². The van der Waals surface area contributed by atoms with Crippen LogP contribution in [0, 0.1) is 0 Å². The van der Waals surface area contributed by atoms with Gasteiger partial charge in [-0.25, -0.2) is 0 Å². The Labute approximate surface area is 163 Å². The lowest BCUT2D eigenvalue weighted by atomic mass is 9.90. The van der Waals surface area contributed by atoms with Crippen LogP contribution in [-0.4, -0.2) is 34.7 Å². The number of hydrogen-bond donors (Lipinski definition) is 2. The number of carbonyl (C=O) groups excluding carboxylic acids is 1. The highest BCUT2D eigenvalue weighted by Crippen LogP contribution is 2.35. The van der Waals surface area contributed by atoms with Gasteiger partial charge >= 0.3 is 0 Å². The first-order chi connectivity index (χ1) is 13.7. The van der Waals surface area contributed by atoms with Gasteiger partial charge in [0.15, 0.2) is 5.82 Å². The second-order valence-electron chi connectivity index (χ2n) is 7.09. The molecule has 2 aromatic carbocycles. The summed E-state index contributed by atoms with van der Waals surface area (Å²) in [7, 11) is 0. The average molecular weight is 374 g/mol. The molecule has 0 aliphatic carbocycles. The highest BCUT2D eigenvalue weighted by atomic mass is 16.3. The van der Waals surface area contributed by atoms with Crippen molar-refractivity contribution < 1.29 is 9.90 Å². The van der Waals surface area contributed by atoms with Crippen molar-refractivity contribution in [1.82, 2.24) is 10.2 Å². The van der Waals surface area contributed by atoms with Crippen molar-refractivity contribution in [2.75, 3.05) is 23.7 Å². The smallest absolute Gasteiger partial charge is 0.169 e. The molecule has 0 amide bonds. The molecular formula is C22H22N4O2. The van der Waals surface area contributed by atoms with Crippen LogP contribution in [0.25, 0.3) is 11.3 Å². The molecule has 6 heteroatoms. The van der Waals surface area contributed by atoms with E-state index in [4.69, 9.17) is 5.73 Å². The summed E-state index contributed by atoms with van der Waals surface area (Å²) in [6, 6.07) is 16.7. The molecule has 0 spiro atoms. The maximum absolute atomic E-state index is 10.9. The van der Waals surface area contributed by atoms with Crippen LogP contribution in [0.1, 0.15) is 34.7 Å². The van der Waals surface area contributed by atoms with Gasteiger partial charge in [0, 0.05) is 30.1 Å². The van der Waals surface area contributed by atoms with Gasteiger partial charge in [-0.1, -0.05) is 36.4 Å². The number of nitrogens with zero attached hydrogens (tertiary/aromatic N) is 3. The fourth-order valence-electron chi connectivity index (χ4n) is 3.78. The number of hydrogen-bond acceptors (Lipinski definition) is 6. The number of piperidine rings is 1. The minimum Gasteiger partial charge on any atom is -0.507 e. The van der Waals surface area contributed by atoms with Gasteiger partial charge in [0.05, 0.1) is 11.4 Å². The maximum atomic E-state index is 10.9. The Morgan fingerprint density at radius 3 is 2.64 bits per heavy atom. The molecule has 1 aromatic heterocycles.